The Morgan fingerprint density at radius 3 is 2.76 bits per heavy atom. The van der Waals surface area contributed by atoms with Crippen LogP contribution >= 0.6 is 11.8 Å². The molecule has 2 aliphatic heterocycles. The molecule has 0 bridgehead atoms. The van der Waals surface area contributed by atoms with Crippen LogP contribution in [0.5, 0.6) is 0 Å². The number of carbonyl (C=O) groups excluding carboxylic acids is 1. The van der Waals surface area contributed by atoms with E-state index in [2.05, 4.69) is 44.7 Å². The van der Waals surface area contributed by atoms with Gasteiger partial charge in [-0.25, -0.2) is 4.68 Å². The molecule has 1 aromatic heterocycles. The Kier molecular flexibility index (Phi) is 4.98. The number of hydrogen-bond donors (Lipinski definition) is 0. The van der Waals surface area contributed by atoms with E-state index in [1.807, 2.05) is 16.7 Å². The van der Waals surface area contributed by atoms with E-state index in [4.69, 9.17) is 0 Å². The van der Waals surface area contributed by atoms with Gasteiger partial charge in [0.2, 0.25) is 5.91 Å². The van der Waals surface area contributed by atoms with Gasteiger partial charge in [-0.15, -0.1) is 5.10 Å². The largest absolute Gasteiger partial charge is 0.339 e. The molecule has 1 amide bonds. The van der Waals surface area contributed by atoms with Crippen molar-refractivity contribution in [1.82, 2.24) is 30.0 Å². The average Bonchev–Trinajstić information content (AvgIpc) is 3.09. The van der Waals surface area contributed by atoms with Crippen molar-refractivity contribution in [3.05, 3.63) is 41.2 Å². The van der Waals surface area contributed by atoms with Crippen molar-refractivity contribution in [2.45, 2.75) is 26.1 Å². The molecule has 0 N–H and O–H groups in total. The number of fused-ring (bicyclic) bond motifs is 1. The fourth-order valence-corrected chi connectivity index (χ4v) is 4.29. The fourth-order valence-electron chi connectivity index (χ4n) is 3.39. The number of aromatic nitrogens is 4. The molecule has 2 aliphatic rings. The zero-order valence-corrected chi connectivity index (χ0v) is 15.0. The van der Waals surface area contributed by atoms with Crippen molar-refractivity contribution in [1.29, 1.82) is 0 Å². The highest BCUT2D eigenvalue weighted by molar-refractivity contribution is 7.99. The van der Waals surface area contributed by atoms with Gasteiger partial charge in [-0.1, -0.05) is 24.3 Å². The monoisotopic (exact) mass is 358 g/mol. The Labute approximate surface area is 151 Å². The summed E-state index contributed by atoms with van der Waals surface area (Å²) in [5, 5.41) is 12.0. The summed E-state index contributed by atoms with van der Waals surface area (Å²) < 4.78 is 1.66. The number of benzene rings is 1. The molecule has 132 valence electrons. The third-order valence-corrected chi connectivity index (χ3v) is 5.77. The van der Waals surface area contributed by atoms with E-state index in [1.54, 1.807) is 4.68 Å². The number of rotatable bonds is 4. The Balaban J connectivity index is 1.39. The van der Waals surface area contributed by atoms with Gasteiger partial charge in [-0.3, -0.25) is 9.69 Å². The van der Waals surface area contributed by atoms with Gasteiger partial charge in [0.25, 0.3) is 0 Å². The van der Waals surface area contributed by atoms with Gasteiger partial charge in [0.05, 0.1) is 6.54 Å². The predicted octanol–water partition coefficient (Wildman–Crippen LogP) is 0.807. The number of nitrogens with zero attached hydrogens (tertiary/aromatic N) is 6. The molecular weight excluding hydrogens is 336 g/mol. The van der Waals surface area contributed by atoms with Gasteiger partial charge in [0.15, 0.2) is 5.82 Å². The Morgan fingerprint density at radius 1 is 1.12 bits per heavy atom. The molecule has 25 heavy (non-hydrogen) atoms. The lowest BCUT2D eigenvalue weighted by Gasteiger charge is -2.28. The van der Waals surface area contributed by atoms with Crippen LogP contribution in [0.2, 0.25) is 0 Å². The predicted molar refractivity (Wildman–Crippen MR) is 96.0 cm³/mol. The summed E-state index contributed by atoms with van der Waals surface area (Å²) in [7, 11) is 0. The highest BCUT2D eigenvalue weighted by Gasteiger charge is 2.21. The van der Waals surface area contributed by atoms with Crippen LogP contribution < -0.4 is 0 Å². The summed E-state index contributed by atoms with van der Waals surface area (Å²) in [5.74, 6) is 2.90. The minimum Gasteiger partial charge on any atom is -0.339 e. The van der Waals surface area contributed by atoms with Crippen LogP contribution in [0.3, 0.4) is 0 Å². The zero-order valence-electron chi connectivity index (χ0n) is 14.2. The van der Waals surface area contributed by atoms with E-state index in [0.29, 0.717) is 6.54 Å². The molecule has 3 heterocycles. The minimum absolute atomic E-state index is 0.109. The number of amides is 1. The highest BCUT2D eigenvalue weighted by atomic mass is 32.2. The van der Waals surface area contributed by atoms with Gasteiger partial charge in [0.1, 0.15) is 6.54 Å². The SMILES string of the molecule is O=C(Cn1nnnc1CN1CCc2ccccc2C1)N1CCSCC1. The van der Waals surface area contributed by atoms with Crippen molar-refractivity contribution in [2.75, 3.05) is 31.1 Å². The number of thioether (sulfide) groups is 1. The van der Waals surface area contributed by atoms with E-state index in [1.165, 1.54) is 11.1 Å². The molecule has 0 unspecified atom stereocenters. The van der Waals surface area contributed by atoms with Crippen LogP contribution in [0.1, 0.15) is 17.0 Å². The lowest BCUT2D eigenvalue weighted by atomic mass is 10.00. The third-order valence-electron chi connectivity index (χ3n) is 4.83. The van der Waals surface area contributed by atoms with E-state index in [9.17, 15) is 4.79 Å². The van der Waals surface area contributed by atoms with Crippen molar-refractivity contribution >= 4 is 17.7 Å². The van der Waals surface area contributed by atoms with E-state index in [0.717, 1.165) is 49.9 Å². The van der Waals surface area contributed by atoms with Crippen LogP contribution in [-0.2, 0) is 30.8 Å². The lowest BCUT2D eigenvalue weighted by molar-refractivity contribution is -0.131. The molecule has 4 rings (SSSR count). The summed E-state index contributed by atoms with van der Waals surface area (Å²) in [6.07, 6.45) is 1.04. The van der Waals surface area contributed by atoms with Crippen LogP contribution in [-0.4, -0.2) is 67.1 Å². The maximum Gasteiger partial charge on any atom is 0.244 e. The summed E-state index contributed by atoms with van der Waals surface area (Å²) in [5.41, 5.74) is 2.80. The Bertz CT molecular complexity index is 742. The second-order valence-corrected chi connectivity index (χ2v) is 7.70. The van der Waals surface area contributed by atoms with Gasteiger partial charge in [-0.2, -0.15) is 11.8 Å². The van der Waals surface area contributed by atoms with E-state index in [-0.39, 0.29) is 12.5 Å². The Morgan fingerprint density at radius 2 is 1.92 bits per heavy atom. The maximum absolute atomic E-state index is 12.5. The standard InChI is InChI=1S/C17H22N6OS/c24-17(22-7-9-25-10-8-22)13-23-16(18-19-20-23)12-21-6-5-14-3-1-2-4-15(14)11-21/h1-4H,5-13H2. The van der Waals surface area contributed by atoms with Crippen LogP contribution in [0.4, 0.5) is 0 Å². The van der Waals surface area contributed by atoms with Crippen molar-refractivity contribution in [3.63, 3.8) is 0 Å². The quantitative estimate of drug-likeness (QED) is 0.806. The topological polar surface area (TPSA) is 67.2 Å². The second-order valence-electron chi connectivity index (χ2n) is 6.48. The highest BCUT2D eigenvalue weighted by Crippen LogP contribution is 2.19. The maximum atomic E-state index is 12.5. The summed E-state index contributed by atoms with van der Waals surface area (Å²) in [6, 6.07) is 8.57. The van der Waals surface area contributed by atoms with Crippen molar-refractivity contribution < 1.29 is 4.79 Å². The number of carbonyl (C=O) groups is 1. The summed E-state index contributed by atoms with van der Waals surface area (Å²) in [4.78, 5) is 16.7. The number of tetrazole rings is 1. The third kappa shape index (κ3) is 3.85. The molecule has 0 radical (unpaired) electrons. The molecule has 7 nitrogen and oxygen atoms in total. The smallest absolute Gasteiger partial charge is 0.244 e. The summed E-state index contributed by atoms with van der Waals surface area (Å²) in [6.45, 7) is 4.44. The lowest BCUT2D eigenvalue weighted by Crippen LogP contribution is -2.40. The normalized spacial score (nSPS) is 18.2. The molecule has 1 aromatic carbocycles. The first-order valence-corrected chi connectivity index (χ1v) is 9.85. The minimum atomic E-state index is 0.109. The molecular formula is C17H22N6OS. The molecule has 2 aromatic rings. The van der Waals surface area contributed by atoms with Crippen LogP contribution in [0, 0.1) is 0 Å². The Hall–Kier alpha value is -1.93. The first-order chi connectivity index (χ1) is 12.3. The molecule has 8 heteroatoms. The number of hydrogen-bond acceptors (Lipinski definition) is 6. The molecule has 1 saturated heterocycles. The first kappa shape index (κ1) is 16.5. The molecule has 1 fully saturated rings. The molecule has 0 aliphatic carbocycles. The van der Waals surface area contributed by atoms with Crippen LogP contribution in [0.25, 0.3) is 0 Å². The van der Waals surface area contributed by atoms with E-state index < -0.39 is 0 Å². The fraction of sp³-hybridized carbons (Fsp3) is 0.529. The van der Waals surface area contributed by atoms with Crippen molar-refractivity contribution in [3.8, 4) is 0 Å². The first-order valence-electron chi connectivity index (χ1n) is 8.69. The molecule has 0 saturated carbocycles. The van der Waals surface area contributed by atoms with Gasteiger partial charge in [0, 0.05) is 37.7 Å². The van der Waals surface area contributed by atoms with Gasteiger partial charge >= 0.3 is 0 Å². The zero-order chi connectivity index (χ0) is 17.1. The summed E-state index contributed by atoms with van der Waals surface area (Å²) >= 11 is 1.90. The van der Waals surface area contributed by atoms with Crippen molar-refractivity contribution in [2.24, 2.45) is 0 Å². The molecule has 0 spiro atoms. The average molecular weight is 358 g/mol. The van der Waals surface area contributed by atoms with E-state index >= 15 is 0 Å². The van der Waals surface area contributed by atoms with Gasteiger partial charge in [-0.05, 0) is 28.0 Å². The van der Waals surface area contributed by atoms with Crippen LogP contribution in [0.15, 0.2) is 24.3 Å². The second kappa shape index (κ2) is 7.53. The van der Waals surface area contributed by atoms with Gasteiger partial charge < -0.3 is 4.90 Å². The molecule has 0 atom stereocenters.